The molecular weight excluding hydrogens is 466 g/mol. The van der Waals surface area contributed by atoms with Crippen molar-refractivity contribution in [1.82, 2.24) is 14.2 Å². The predicted octanol–water partition coefficient (Wildman–Crippen LogP) is 1.88. The Morgan fingerprint density at radius 1 is 0.943 bits per heavy atom. The Bertz CT molecular complexity index is 1210. The number of anilines is 2. The number of aromatic nitrogens is 1. The predicted molar refractivity (Wildman–Crippen MR) is 133 cm³/mol. The third-order valence-corrected chi connectivity index (χ3v) is 9.07. The second-order valence-corrected chi connectivity index (χ2v) is 11.3. The molecule has 1 aromatic heterocycles. The zero-order valence-corrected chi connectivity index (χ0v) is 20.8. The number of fused-ring (bicyclic) bond motifs is 1. The van der Waals surface area contributed by atoms with E-state index in [2.05, 4.69) is 9.88 Å². The maximum absolute atomic E-state index is 13.5. The van der Waals surface area contributed by atoms with E-state index in [0.29, 0.717) is 51.4 Å². The van der Waals surface area contributed by atoms with Crippen molar-refractivity contribution in [2.75, 3.05) is 49.1 Å². The summed E-state index contributed by atoms with van der Waals surface area (Å²) in [6, 6.07) is 10.0. The monoisotopic (exact) mass is 497 g/mol. The summed E-state index contributed by atoms with van der Waals surface area (Å²) in [4.78, 5) is 36.2. The summed E-state index contributed by atoms with van der Waals surface area (Å²) in [6.45, 7) is 4.94. The van der Waals surface area contributed by atoms with E-state index < -0.39 is 16.1 Å². The number of rotatable bonds is 4. The zero-order valence-electron chi connectivity index (χ0n) is 20.0. The van der Waals surface area contributed by atoms with Crippen LogP contribution in [0.25, 0.3) is 0 Å². The van der Waals surface area contributed by atoms with Crippen LogP contribution >= 0.6 is 0 Å². The number of benzene rings is 1. The lowest BCUT2D eigenvalue weighted by atomic mass is 10.1. The van der Waals surface area contributed by atoms with Gasteiger partial charge in [0.1, 0.15) is 11.9 Å². The Labute approximate surface area is 206 Å². The van der Waals surface area contributed by atoms with Gasteiger partial charge in [-0.2, -0.15) is 4.31 Å². The van der Waals surface area contributed by atoms with E-state index in [4.69, 9.17) is 0 Å². The molecule has 4 heterocycles. The molecule has 10 heteroatoms. The van der Waals surface area contributed by atoms with E-state index in [1.165, 1.54) is 11.8 Å². The largest absolute Gasteiger partial charge is 0.353 e. The van der Waals surface area contributed by atoms with Gasteiger partial charge in [-0.3, -0.25) is 14.5 Å². The topological polar surface area (TPSA) is 94.1 Å². The SMILES string of the molecule is CC(=O)N1c2ccc(S(=O)(=O)N3CCCCC3)cc2CC1C(=O)N1CCN(c2ccccn2)CC1. The number of pyridine rings is 1. The molecule has 9 nitrogen and oxygen atoms in total. The third-order valence-electron chi connectivity index (χ3n) is 7.18. The number of carbonyl (C=O) groups is 2. The van der Waals surface area contributed by atoms with Crippen molar-refractivity contribution in [2.24, 2.45) is 0 Å². The van der Waals surface area contributed by atoms with Crippen molar-refractivity contribution in [1.29, 1.82) is 0 Å². The van der Waals surface area contributed by atoms with Crippen LogP contribution in [0.2, 0.25) is 0 Å². The van der Waals surface area contributed by atoms with Crippen LogP contribution in [-0.2, 0) is 26.0 Å². The molecular formula is C25H31N5O4S. The molecule has 0 spiro atoms. The molecule has 0 saturated carbocycles. The molecule has 186 valence electrons. The van der Waals surface area contributed by atoms with Gasteiger partial charge in [-0.05, 0) is 48.7 Å². The summed E-state index contributed by atoms with van der Waals surface area (Å²) in [5.41, 5.74) is 1.35. The van der Waals surface area contributed by atoms with Gasteiger partial charge in [-0.15, -0.1) is 0 Å². The van der Waals surface area contributed by atoms with Crippen LogP contribution in [0.4, 0.5) is 11.5 Å². The molecule has 0 aliphatic carbocycles. The molecule has 2 aromatic rings. The average molecular weight is 498 g/mol. The van der Waals surface area contributed by atoms with Crippen LogP contribution in [0.1, 0.15) is 31.7 Å². The Balaban J connectivity index is 1.33. The van der Waals surface area contributed by atoms with Crippen molar-refractivity contribution in [3.63, 3.8) is 0 Å². The summed E-state index contributed by atoms with van der Waals surface area (Å²) in [5.74, 6) is 0.569. The van der Waals surface area contributed by atoms with Gasteiger partial charge in [-0.25, -0.2) is 13.4 Å². The number of hydrogen-bond donors (Lipinski definition) is 0. The highest BCUT2D eigenvalue weighted by Crippen LogP contribution is 2.36. The zero-order chi connectivity index (χ0) is 24.6. The summed E-state index contributed by atoms with van der Waals surface area (Å²) in [5, 5.41) is 0. The Kier molecular flexibility index (Phi) is 6.50. The molecule has 0 radical (unpaired) electrons. The smallest absolute Gasteiger partial charge is 0.246 e. The number of hydrogen-bond acceptors (Lipinski definition) is 6. The molecule has 2 saturated heterocycles. The normalized spacial score (nSPS) is 21.2. The van der Waals surface area contributed by atoms with E-state index in [0.717, 1.165) is 30.6 Å². The lowest BCUT2D eigenvalue weighted by Crippen LogP contribution is -2.55. The minimum Gasteiger partial charge on any atom is -0.353 e. The van der Waals surface area contributed by atoms with Gasteiger partial charge < -0.3 is 9.80 Å². The molecule has 2 amide bonds. The highest BCUT2D eigenvalue weighted by molar-refractivity contribution is 7.89. The van der Waals surface area contributed by atoms with Gasteiger partial charge in [-0.1, -0.05) is 12.5 Å². The molecule has 3 aliphatic rings. The van der Waals surface area contributed by atoms with Crippen LogP contribution in [0.15, 0.2) is 47.5 Å². The van der Waals surface area contributed by atoms with Crippen LogP contribution in [0, 0.1) is 0 Å². The van der Waals surface area contributed by atoms with E-state index >= 15 is 0 Å². The third kappa shape index (κ3) is 4.52. The van der Waals surface area contributed by atoms with Crippen molar-refractivity contribution in [2.45, 2.75) is 43.5 Å². The lowest BCUT2D eigenvalue weighted by molar-refractivity contribution is -0.134. The van der Waals surface area contributed by atoms with E-state index in [1.54, 1.807) is 33.6 Å². The summed E-state index contributed by atoms with van der Waals surface area (Å²) in [6.07, 6.45) is 4.85. The fourth-order valence-corrected chi connectivity index (χ4v) is 6.91. The molecule has 3 aliphatic heterocycles. The summed E-state index contributed by atoms with van der Waals surface area (Å²) < 4.78 is 27.9. The first-order chi connectivity index (χ1) is 16.9. The van der Waals surface area contributed by atoms with Crippen molar-refractivity contribution >= 4 is 33.3 Å². The first-order valence-electron chi connectivity index (χ1n) is 12.2. The number of piperidine rings is 1. The molecule has 35 heavy (non-hydrogen) atoms. The number of piperazine rings is 1. The fraction of sp³-hybridized carbons (Fsp3) is 0.480. The van der Waals surface area contributed by atoms with Gasteiger partial charge in [0.15, 0.2) is 0 Å². The van der Waals surface area contributed by atoms with E-state index in [1.807, 2.05) is 18.2 Å². The molecule has 2 fully saturated rings. The molecule has 1 aromatic carbocycles. The lowest BCUT2D eigenvalue weighted by Gasteiger charge is -2.37. The Morgan fingerprint density at radius 3 is 2.34 bits per heavy atom. The van der Waals surface area contributed by atoms with E-state index in [9.17, 15) is 18.0 Å². The Morgan fingerprint density at radius 2 is 1.69 bits per heavy atom. The number of amides is 2. The first kappa shape index (κ1) is 23.7. The standard InChI is InChI=1S/C25H31N5O4S/c1-19(31)30-22-9-8-21(35(33,34)29-11-5-2-6-12-29)17-20(22)18-23(30)25(32)28-15-13-27(14-16-28)24-7-3-4-10-26-24/h3-4,7-10,17,23H,2,5-6,11-16,18H2,1H3. The molecule has 5 rings (SSSR count). The minimum atomic E-state index is -3.59. The molecule has 0 bridgehead atoms. The summed E-state index contributed by atoms with van der Waals surface area (Å²) >= 11 is 0. The van der Waals surface area contributed by atoms with Crippen LogP contribution < -0.4 is 9.80 Å². The van der Waals surface area contributed by atoms with Gasteiger partial charge in [0.2, 0.25) is 21.8 Å². The van der Waals surface area contributed by atoms with Crippen molar-refractivity contribution in [3.05, 3.63) is 48.2 Å². The quantitative estimate of drug-likeness (QED) is 0.640. The van der Waals surface area contributed by atoms with Gasteiger partial charge in [0.05, 0.1) is 4.90 Å². The molecule has 0 N–H and O–H groups in total. The number of nitrogens with zero attached hydrogens (tertiary/aromatic N) is 5. The van der Waals surface area contributed by atoms with Crippen LogP contribution in [0.3, 0.4) is 0 Å². The van der Waals surface area contributed by atoms with E-state index in [-0.39, 0.29) is 16.7 Å². The fourth-order valence-electron chi connectivity index (χ4n) is 5.34. The molecule has 1 atom stereocenters. The highest BCUT2D eigenvalue weighted by Gasteiger charge is 2.40. The maximum atomic E-state index is 13.5. The number of sulfonamides is 1. The van der Waals surface area contributed by atoms with Gasteiger partial charge in [0, 0.05) is 64.5 Å². The van der Waals surface area contributed by atoms with Crippen molar-refractivity contribution in [3.8, 4) is 0 Å². The summed E-state index contributed by atoms with van der Waals surface area (Å²) in [7, 11) is -3.59. The van der Waals surface area contributed by atoms with Gasteiger partial charge in [0.25, 0.3) is 0 Å². The minimum absolute atomic E-state index is 0.0995. The van der Waals surface area contributed by atoms with Crippen LogP contribution in [-0.4, -0.2) is 79.7 Å². The second-order valence-electron chi connectivity index (χ2n) is 9.36. The maximum Gasteiger partial charge on any atom is 0.246 e. The van der Waals surface area contributed by atoms with Crippen molar-refractivity contribution < 1.29 is 18.0 Å². The Hall–Kier alpha value is -2.98. The first-order valence-corrected chi connectivity index (χ1v) is 13.7. The average Bonchev–Trinajstić information content (AvgIpc) is 3.28. The number of carbonyl (C=O) groups excluding carboxylic acids is 2. The van der Waals surface area contributed by atoms with Gasteiger partial charge >= 0.3 is 0 Å². The second kappa shape index (κ2) is 9.58. The molecule has 1 unspecified atom stereocenters. The van der Waals surface area contributed by atoms with Crippen LogP contribution in [0.5, 0.6) is 0 Å². The highest BCUT2D eigenvalue weighted by atomic mass is 32.2.